The summed E-state index contributed by atoms with van der Waals surface area (Å²) in [7, 11) is 0. The van der Waals surface area contributed by atoms with Gasteiger partial charge in [-0.05, 0) is 19.1 Å². The fourth-order valence-electron chi connectivity index (χ4n) is 1.26. The zero-order valence-corrected chi connectivity index (χ0v) is 9.13. The first-order valence-electron chi connectivity index (χ1n) is 5.10. The fraction of sp³-hybridized carbons (Fsp3) is 0.364. The molecule has 0 bridgehead atoms. The molecule has 0 atom stereocenters. The Labute approximate surface area is 93.6 Å². The molecular formula is C11H15FN2O2. The van der Waals surface area contributed by atoms with Crippen molar-refractivity contribution in [3.05, 3.63) is 29.6 Å². The number of ether oxygens (including phenoxy) is 1. The second-order valence-corrected chi connectivity index (χ2v) is 3.09. The molecule has 0 aliphatic heterocycles. The highest BCUT2D eigenvalue weighted by atomic mass is 19.1. The molecule has 0 spiro atoms. The molecule has 0 radical (unpaired) electrons. The number of nitrogens with two attached hydrogens (primary N) is 1. The van der Waals surface area contributed by atoms with Gasteiger partial charge in [-0.25, -0.2) is 4.39 Å². The topological polar surface area (TPSA) is 64.3 Å². The molecule has 1 aromatic rings. The van der Waals surface area contributed by atoms with Crippen molar-refractivity contribution in [1.82, 2.24) is 5.32 Å². The van der Waals surface area contributed by atoms with Crippen LogP contribution in [0.4, 0.5) is 4.39 Å². The van der Waals surface area contributed by atoms with Crippen LogP contribution in [-0.4, -0.2) is 25.6 Å². The molecule has 1 aromatic carbocycles. The van der Waals surface area contributed by atoms with E-state index in [4.69, 9.17) is 10.5 Å². The lowest BCUT2D eigenvalue weighted by molar-refractivity contribution is 0.0950. The van der Waals surface area contributed by atoms with E-state index in [1.807, 2.05) is 0 Å². The molecule has 0 unspecified atom stereocenters. The predicted octanol–water partition coefficient (Wildman–Crippen LogP) is 0.913. The first-order valence-corrected chi connectivity index (χ1v) is 5.10. The highest BCUT2D eigenvalue weighted by Gasteiger charge is 2.15. The van der Waals surface area contributed by atoms with Crippen molar-refractivity contribution in [2.75, 3.05) is 19.7 Å². The Balaban J connectivity index is 2.93. The van der Waals surface area contributed by atoms with Crippen LogP contribution < -0.4 is 15.8 Å². The van der Waals surface area contributed by atoms with E-state index in [0.29, 0.717) is 19.7 Å². The number of benzene rings is 1. The highest BCUT2D eigenvalue weighted by Crippen LogP contribution is 2.22. The van der Waals surface area contributed by atoms with Crippen LogP contribution in [0.2, 0.25) is 0 Å². The van der Waals surface area contributed by atoms with Gasteiger partial charge in [0.05, 0.1) is 12.2 Å². The Morgan fingerprint density at radius 3 is 2.94 bits per heavy atom. The van der Waals surface area contributed by atoms with Crippen LogP contribution >= 0.6 is 0 Å². The van der Waals surface area contributed by atoms with Crippen LogP contribution in [-0.2, 0) is 0 Å². The Kier molecular flexibility index (Phi) is 4.72. The van der Waals surface area contributed by atoms with Crippen LogP contribution in [0.25, 0.3) is 0 Å². The van der Waals surface area contributed by atoms with Gasteiger partial charge in [-0.1, -0.05) is 6.07 Å². The fourth-order valence-corrected chi connectivity index (χ4v) is 1.26. The average Bonchev–Trinajstić information content (AvgIpc) is 2.29. The molecule has 0 saturated carbocycles. The lowest BCUT2D eigenvalue weighted by Crippen LogP contribution is -2.29. The van der Waals surface area contributed by atoms with Crippen LogP contribution in [0.3, 0.4) is 0 Å². The van der Waals surface area contributed by atoms with Gasteiger partial charge >= 0.3 is 0 Å². The second-order valence-electron chi connectivity index (χ2n) is 3.09. The molecule has 16 heavy (non-hydrogen) atoms. The molecule has 1 rings (SSSR count). The number of nitrogens with one attached hydrogen (secondary N) is 1. The van der Waals surface area contributed by atoms with Gasteiger partial charge in [0.25, 0.3) is 5.91 Å². The van der Waals surface area contributed by atoms with Gasteiger partial charge in [0.2, 0.25) is 0 Å². The molecule has 0 aliphatic rings. The molecule has 0 aliphatic carbocycles. The summed E-state index contributed by atoms with van der Waals surface area (Å²) in [6, 6.07) is 4.24. The standard InChI is InChI=1S/C11H15FN2O2/c1-2-16-10-8(4-3-5-9(10)12)11(15)14-7-6-13/h3-5H,2,6-7,13H2,1H3,(H,14,15). The quantitative estimate of drug-likeness (QED) is 0.784. The third-order valence-corrected chi connectivity index (χ3v) is 1.93. The normalized spacial score (nSPS) is 9.94. The summed E-state index contributed by atoms with van der Waals surface area (Å²) in [5, 5.41) is 2.56. The van der Waals surface area contributed by atoms with Gasteiger partial charge in [0, 0.05) is 13.1 Å². The van der Waals surface area contributed by atoms with Crippen LogP contribution in [0.1, 0.15) is 17.3 Å². The minimum Gasteiger partial charge on any atom is -0.490 e. The minimum atomic E-state index is -0.540. The summed E-state index contributed by atoms with van der Waals surface area (Å²) in [5.41, 5.74) is 5.45. The highest BCUT2D eigenvalue weighted by molar-refractivity contribution is 5.96. The monoisotopic (exact) mass is 226 g/mol. The average molecular weight is 226 g/mol. The number of halogens is 1. The van der Waals surface area contributed by atoms with E-state index in [1.54, 1.807) is 6.92 Å². The van der Waals surface area contributed by atoms with Gasteiger partial charge in [-0.15, -0.1) is 0 Å². The lowest BCUT2D eigenvalue weighted by atomic mass is 10.2. The number of hydrogen-bond acceptors (Lipinski definition) is 3. The molecular weight excluding hydrogens is 211 g/mol. The predicted molar refractivity (Wildman–Crippen MR) is 59.0 cm³/mol. The number of hydrogen-bond donors (Lipinski definition) is 2. The lowest BCUT2D eigenvalue weighted by Gasteiger charge is -2.10. The Bertz CT molecular complexity index is 369. The zero-order chi connectivity index (χ0) is 12.0. The third-order valence-electron chi connectivity index (χ3n) is 1.93. The van der Waals surface area contributed by atoms with Crippen molar-refractivity contribution in [1.29, 1.82) is 0 Å². The van der Waals surface area contributed by atoms with Gasteiger partial charge in [0.1, 0.15) is 0 Å². The van der Waals surface area contributed by atoms with Gasteiger partial charge in [-0.3, -0.25) is 4.79 Å². The molecule has 3 N–H and O–H groups in total. The van der Waals surface area contributed by atoms with E-state index >= 15 is 0 Å². The van der Waals surface area contributed by atoms with Gasteiger partial charge in [0.15, 0.2) is 11.6 Å². The van der Waals surface area contributed by atoms with Crippen molar-refractivity contribution in [3.63, 3.8) is 0 Å². The smallest absolute Gasteiger partial charge is 0.255 e. The van der Waals surface area contributed by atoms with Gasteiger partial charge < -0.3 is 15.8 Å². The van der Waals surface area contributed by atoms with E-state index in [1.165, 1.54) is 18.2 Å². The maximum absolute atomic E-state index is 13.4. The van der Waals surface area contributed by atoms with E-state index in [0.717, 1.165) is 0 Å². The van der Waals surface area contributed by atoms with Gasteiger partial charge in [-0.2, -0.15) is 0 Å². The number of carbonyl (C=O) groups is 1. The Morgan fingerprint density at radius 1 is 1.56 bits per heavy atom. The second kappa shape index (κ2) is 6.07. The van der Waals surface area contributed by atoms with E-state index in [2.05, 4.69) is 5.32 Å². The summed E-state index contributed by atoms with van der Waals surface area (Å²) < 4.78 is 18.5. The summed E-state index contributed by atoms with van der Waals surface area (Å²) in [4.78, 5) is 11.6. The van der Waals surface area contributed by atoms with E-state index in [9.17, 15) is 9.18 Å². The summed E-state index contributed by atoms with van der Waals surface area (Å²) in [6.07, 6.45) is 0. The number of carbonyl (C=O) groups excluding carboxylic acids is 1. The minimum absolute atomic E-state index is 0.0143. The Hall–Kier alpha value is -1.62. The van der Waals surface area contributed by atoms with Crippen molar-refractivity contribution in [2.45, 2.75) is 6.92 Å². The summed E-state index contributed by atoms with van der Waals surface area (Å²) in [6.45, 7) is 2.72. The molecule has 1 amide bonds. The van der Waals surface area contributed by atoms with E-state index in [-0.39, 0.29) is 17.2 Å². The first-order chi connectivity index (χ1) is 7.70. The Morgan fingerprint density at radius 2 is 2.31 bits per heavy atom. The molecule has 0 saturated heterocycles. The zero-order valence-electron chi connectivity index (χ0n) is 9.13. The van der Waals surface area contributed by atoms with Crippen molar-refractivity contribution >= 4 is 5.91 Å². The van der Waals surface area contributed by atoms with Crippen molar-refractivity contribution in [3.8, 4) is 5.75 Å². The summed E-state index contributed by atoms with van der Waals surface area (Å²) in [5.74, 6) is -0.935. The van der Waals surface area contributed by atoms with Crippen LogP contribution in [0.5, 0.6) is 5.75 Å². The van der Waals surface area contributed by atoms with Crippen molar-refractivity contribution < 1.29 is 13.9 Å². The number of para-hydroxylation sites is 1. The van der Waals surface area contributed by atoms with Crippen LogP contribution in [0, 0.1) is 5.82 Å². The number of rotatable bonds is 5. The van der Waals surface area contributed by atoms with Crippen molar-refractivity contribution in [2.24, 2.45) is 5.73 Å². The molecule has 88 valence electrons. The van der Waals surface area contributed by atoms with Crippen LogP contribution in [0.15, 0.2) is 18.2 Å². The van der Waals surface area contributed by atoms with E-state index < -0.39 is 5.82 Å². The number of amides is 1. The maximum Gasteiger partial charge on any atom is 0.255 e. The molecule has 0 aromatic heterocycles. The largest absolute Gasteiger partial charge is 0.490 e. The summed E-state index contributed by atoms with van der Waals surface area (Å²) >= 11 is 0. The third kappa shape index (κ3) is 2.93. The molecule has 4 nitrogen and oxygen atoms in total. The SMILES string of the molecule is CCOc1c(F)cccc1C(=O)NCCN. The molecule has 0 fully saturated rings. The maximum atomic E-state index is 13.4. The molecule has 5 heteroatoms. The molecule has 0 heterocycles. The first kappa shape index (κ1) is 12.4.